The molecule has 0 unspecified atom stereocenters. The van der Waals surface area contributed by atoms with Crippen LogP contribution in [0.1, 0.15) is 5.69 Å². The van der Waals surface area contributed by atoms with Crippen LogP contribution in [0.25, 0.3) is 0 Å². The number of aryl methyl sites for hydroxylation is 1. The molecule has 2 aromatic rings. The average molecular weight is 259 g/mol. The predicted octanol–water partition coefficient (Wildman–Crippen LogP) is 2.36. The standard InChI is InChI=1S/C10H9ClF2N4/c1-17-5-7(15-16-17)4-14-10-8(11)2-6(12)3-9(10)13/h2-3,5,14H,4H2,1H3. The van der Waals surface area contributed by atoms with Gasteiger partial charge >= 0.3 is 0 Å². The number of benzene rings is 1. The van der Waals surface area contributed by atoms with E-state index in [0.29, 0.717) is 5.69 Å². The molecule has 17 heavy (non-hydrogen) atoms. The van der Waals surface area contributed by atoms with Crippen LogP contribution in [0.15, 0.2) is 18.3 Å². The Hall–Kier alpha value is -1.69. The number of aromatic nitrogens is 3. The Morgan fingerprint density at radius 3 is 2.76 bits per heavy atom. The van der Waals surface area contributed by atoms with Gasteiger partial charge in [0.25, 0.3) is 0 Å². The van der Waals surface area contributed by atoms with E-state index in [-0.39, 0.29) is 17.3 Å². The summed E-state index contributed by atoms with van der Waals surface area (Å²) in [4.78, 5) is 0. The zero-order chi connectivity index (χ0) is 12.4. The number of hydrogen-bond acceptors (Lipinski definition) is 3. The third-order valence-corrected chi connectivity index (χ3v) is 2.40. The molecule has 0 atom stereocenters. The zero-order valence-corrected chi connectivity index (χ0v) is 9.67. The summed E-state index contributed by atoms with van der Waals surface area (Å²) in [7, 11) is 1.72. The minimum Gasteiger partial charge on any atom is -0.376 e. The van der Waals surface area contributed by atoms with Crippen LogP contribution in [-0.4, -0.2) is 15.0 Å². The lowest BCUT2D eigenvalue weighted by Gasteiger charge is -2.07. The van der Waals surface area contributed by atoms with Gasteiger partial charge in [0, 0.05) is 19.3 Å². The molecule has 2 rings (SSSR count). The first-order chi connectivity index (χ1) is 8.06. The molecule has 1 N–H and O–H groups in total. The van der Waals surface area contributed by atoms with Crippen molar-refractivity contribution in [3.8, 4) is 0 Å². The van der Waals surface area contributed by atoms with Gasteiger partial charge in [-0.15, -0.1) is 5.10 Å². The molecule has 1 heterocycles. The largest absolute Gasteiger partial charge is 0.376 e. The molecule has 0 aliphatic rings. The first-order valence-electron chi connectivity index (χ1n) is 4.80. The SMILES string of the molecule is Cn1cc(CNc2c(F)cc(F)cc2Cl)nn1. The lowest BCUT2D eigenvalue weighted by molar-refractivity contribution is 0.585. The highest BCUT2D eigenvalue weighted by Crippen LogP contribution is 2.26. The Morgan fingerprint density at radius 2 is 2.18 bits per heavy atom. The monoisotopic (exact) mass is 258 g/mol. The summed E-state index contributed by atoms with van der Waals surface area (Å²) < 4.78 is 27.7. The second kappa shape index (κ2) is 4.67. The number of nitrogens with one attached hydrogen (secondary N) is 1. The normalized spacial score (nSPS) is 10.6. The Kier molecular flexibility index (Phi) is 3.23. The molecule has 0 saturated carbocycles. The van der Waals surface area contributed by atoms with E-state index in [0.717, 1.165) is 12.1 Å². The molecule has 4 nitrogen and oxygen atoms in total. The molecule has 0 aliphatic carbocycles. The van der Waals surface area contributed by atoms with Crippen molar-refractivity contribution < 1.29 is 8.78 Å². The van der Waals surface area contributed by atoms with Gasteiger partial charge < -0.3 is 5.32 Å². The third-order valence-electron chi connectivity index (χ3n) is 2.10. The fourth-order valence-corrected chi connectivity index (χ4v) is 1.63. The van der Waals surface area contributed by atoms with Crippen molar-refractivity contribution in [3.63, 3.8) is 0 Å². The van der Waals surface area contributed by atoms with E-state index in [2.05, 4.69) is 15.6 Å². The number of halogens is 3. The van der Waals surface area contributed by atoms with Crippen LogP contribution in [0.5, 0.6) is 0 Å². The maximum atomic E-state index is 13.4. The maximum absolute atomic E-state index is 13.4. The molecule has 0 radical (unpaired) electrons. The van der Waals surface area contributed by atoms with E-state index in [1.165, 1.54) is 4.68 Å². The zero-order valence-electron chi connectivity index (χ0n) is 8.91. The first-order valence-corrected chi connectivity index (χ1v) is 5.17. The van der Waals surface area contributed by atoms with Gasteiger partial charge in [-0.25, -0.2) is 8.78 Å². The Morgan fingerprint density at radius 1 is 1.41 bits per heavy atom. The van der Waals surface area contributed by atoms with Gasteiger partial charge in [0.2, 0.25) is 0 Å². The summed E-state index contributed by atoms with van der Waals surface area (Å²) >= 11 is 5.72. The minimum absolute atomic E-state index is 0.00797. The highest BCUT2D eigenvalue weighted by molar-refractivity contribution is 6.33. The third kappa shape index (κ3) is 2.71. The van der Waals surface area contributed by atoms with E-state index < -0.39 is 11.6 Å². The molecular weight excluding hydrogens is 250 g/mol. The second-order valence-corrected chi connectivity index (χ2v) is 3.89. The van der Waals surface area contributed by atoms with Gasteiger partial charge in [0.15, 0.2) is 5.82 Å². The van der Waals surface area contributed by atoms with Crippen LogP contribution in [0.3, 0.4) is 0 Å². The molecule has 0 spiro atoms. The average Bonchev–Trinajstić information content (AvgIpc) is 2.62. The van der Waals surface area contributed by atoms with Crippen molar-refractivity contribution in [2.75, 3.05) is 5.32 Å². The van der Waals surface area contributed by atoms with Crippen molar-refractivity contribution in [2.24, 2.45) is 7.05 Å². The van der Waals surface area contributed by atoms with Crippen molar-refractivity contribution in [1.82, 2.24) is 15.0 Å². The molecular formula is C10H9ClF2N4. The summed E-state index contributed by atoms with van der Waals surface area (Å²) in [6.07, 6.45) is 1.68. The van der Waals surface area contributed by atoms with Crippen LogP contribution < -0.4 is 5.32 Å². The highest BCUT2D eigenvalue weighted by atomic mass is 35.5. The topological polar surface area (TPSA) is 42.7 Å². The quantitative estimate of drug-likeness (QED) is 0.919. The van der Waals surface area contributed by atoms with Crippen LogP contribution in [0.2, 0.25) is 5.02 Å². The van der Waals surface area contributed by atoms with Gasteiger partial charge in [0.1, 0.15) is 11.5 Å². The fourth-order valence-electron chi connectivity index (χ4n) is 1.37. The van der Waals surface area contributed by atoms with Crippen LogP contribution in [0.4, 0.5) is 14.5 Å². The lowest BCUT2D eigenvalue weighted by Crippen LogP contribution is -2.03. The smallest absolute Gasteiger partial charge is 0.150 e. The summed E-state index contributed by atoms with van der Waals surface area (Å²) in [6.45, 7) is 0.260. The van der Waals surface area contributed by atoms with Gasteiger partial charge in [-0.2, -0.15) is 0 Å². The van der Waals surface area contributed by atoms with Crippen molar-refractivity contribution in [2.45, 2.75) is 6.54 Å². The highest BCUT2D eigenvalue weighted by Gasteiger charge is 2.10. The lowest BCUT2D eigenvalue weighted by atomic mass is 10.3. The molecule has 0 amide bonds. The fraction of sp³-hybridized carbons (Fsp3) is 0.200. The Labute approximate surface area is 101 Å². The van der Waals surface area contributed by atoms with Gasteiger partial charge in [-0.1, -0.05) is 16.8 Å². The Bertz CT molecular complexity index is 518. The number of rotatable bonds is 3. The molecule has 7 heteroatoms. The van der Waals surface area contributed by atoms with Crippen molar-refractivity contribution in [3.05, 3.63) is 40.7 Å². The van der Waals surface area contributed by atoms with Gasteiger partial charge in [-0.05, 0) is 6.07 Å². The second-order valence-electron chi connectivity index (χ2n) is 3.48. The van der Waals surface area contributed by atoms with E-state index in [9.17, 15) is 8.78 Å². The van der Waals surface area contributed by atoms with Crippen molar-refractivity contribution in [1.29, 1.82) is 0 Å². The van der Waals surface area contributed by atoms with Crippen LogP contribution in [-0.2, 0) is 13.6 Å². The van der Waals surface area contributed by atoms with Crippen molar-refractivity contribution >= 4 is 17.3 Å². The maximum Gasteiger partial charge on any atom is 0.150 e. The number of anilines is 1. The summed E-state index contributed by atoms with van der Waals surface area (Å²) in [5, 5.41) is 10.3. The summed E-state index contributed by atoms with van der Waals surface area (Å²) in [5.41, 5.74) is 0.686. The summed E-state index contributed by atoms with van der Waals surface area (Å²) in [5.74, 6) is -1.45. The number of nitrogens with zero attached hydrogens (tertiary/aromatic N) is 3. The van der Waals surface area contributed by atoms with E-state index in [4.69, 9.17) is 11.6 Å². The molecule has 1 aromatic heterocycles. The van der Waals surface area contributed by atoms with Crippen LogP contribution in [0, 0.1) is 11.6 Å². The Balaban J connectivity index is 2.14. The molecule has 0 saturated heterocycles. The van der Waals surface area contributed by atoms with Gasteiger partial charge in [0.05, 0.1) is 17.3 Å². The van der Waals surface area contributed by atoms with Gasteiger partial charge in [-0.3, -0.25) is 4.68 Å². The van der Waals surface area contributed by atoms with E-state index in [1.54, 1.807) is 13.2 Å². The summed E-state index contributed by atoms with van der Waals surface area (Å²) in [6, 6.07) is 1.81. The van der Waals surface area contributed by atoms with Crippen LogP contribution >= 0.6 is 11.6 Å². The molecule has 0 fully saturated rings. The van der Waals surface area contributed by atoms with E-state index in [1.807, 2.05) is 0 Å². The molecule has 0 bridgehead atoms. The minimum atomic E-state index is -0.737. The predicted molar refractivity (Wildman–Crippen MR) is 59.7 cm³/mol. The first kappa shape index (κ1) is 11.8. The van der Waals surface area contributed by atoms with E-state index >= 15 is 0 Å². The molecule has 1 aromatic carbocycles. The number of hydrogen-bond donors (Lipinski definition) is 1. The molecule has 0 aliphatic heterocycles. The molecule has 90 valence electrons.